The summed E-state index contributed by atoms with van der Waals surface area (Å²) in [7, 11) is -3.67. The molecule has 1 aromatic rings. The van der Waals surface area contributed by atoms with Gasteiger partial charge in [-0.2, -0.15) is 0 Å². The lowest BCUT2D eigenvalue weighted by Gasteiger charge is -2.31. The van der Waals surface area contributed by atoms with Crippen LogP contribution in [0.25, 0.3) is 0 Å². The predicted octanol–water partition coefficient (Wildman–Crippen LogP) is 2.87. The minimum Gasteiger partial charge on any atom is -0.329 e. The molecule has 0 amide bonds. The lowest BCUT2D eigenvalue weighted by atomic mass is 9.95. The molecule has 3 N–H and O–H groups in total. The summed E-state index contributed by atoms with van der Waals surface area (Å²) in [6.07, 6.45) is 1.26. The number of sulfonamides is 1. The molecule has 0 saturated heterocycles. The van der Waals surface area contributed by atoms with E-state index < -0.39 is 15.6 Å². The summed E-state index contributed by atoms with van der Waals surface area (Å²) in [4.78, 5) is 0.105. The molecule has 4 nitrogen and oxygen atoms in total. The van der Waals surface area contributed by atoms with Crippen LogP contribution >= 0.6 is 24.0 Å². The summed E-state index contributed by atoms with van der Waals surface area (Å²) < 4.78 is 27.6. The van der Waals surface area contributed by atoms with Crippen molar-refractivity contribution in [1.29, 1.82) is 0 Å². The number of hydrogen-bond acceptors (Lipinski definition) is 3. The number of aryl methyl sites for hydroxylation is 1. The second kappa shape index (κ2) is 7.61. The largest absolute Gasteiger partial charge is 0.329 e. The van der Waals surface area contributed by atoms with Crippen LogP contribution < -0.4 is 10.5 Å². The zero-order chi connectivity index (χ0) is 14.7. The fourth-order valence-corrected chi connectivity index (χ4v) is 4.03. The van der Waals surface area contributed by atoms with Gasteiger partial charge in [0.1, 0.15) is 4.90 Å². The van der Waals surface area contributed by atoms with E-state index in [-0.39, 0.29) is 28.9 Å². The van der Waals surface area contributed by atoms with E-state index >= 15 is 0 Å². The Labute approximate surface area is 132 Å². The maximum absolute atomic E-state index is 12.4. The summed E-state index contributed by atoms with van der Waals surface area (Å²) in [5, 5.41) is 0.258. The van der Waals surface area contributed by atoms with Crippen LogP contribution in [0.1, 0.15) is 32.3 Å². The number of nitrogens with one attached hydrogen (secondary N) is 1. The van der Waals surface area contributed by atoms with Gasteiger partial charge in [-0.05, 0) is 31.4 Å². The molecular weight excluding hydrogens is 319 g/mol. The lowest BCUT2D eigenvalue weighted by Crippen LogP contribution is -2.52. The second-order valence-electron chi connectivity index (χ2n) is 4.68. The highest BCUT2D eigenvalue weighted by molar-refractivity contribution is 7.89. The molecule has 0 unspecified atom stereocenters. The molecule has 0 aliphatic rings. The molecule has 0 radical (unpaired) electrons. The van der Waals surface area contributed by atoms with Crippen LogP contribution in [0, 0.1) is 6.92 Å². The van der Waals surface area contributed by atoms with Gasteiger partial charge < -0.3 is 5.73 Å². The highest BCUT2D eigenvalue weighted by Crippen LogP contribution is 2.26. The monoisotopic (exact) mass is 340 g/mol. The van der Waals surface area contributed by atoms with Crippen molar-refractivity contribution >= 4 is 34.0 Å². The van der Waals surface area contributed by atoms with E-state index in [0.29, 0.717) is 12.8 Å². The van der Waals surface area contributed by atoms with Crippen molar-refractivity contribution < 1.29 is 8.42 Å². The van der Waals surface area contributed by atoms with Crippen molar-refractivity contribution in [3.63, 3.8) is 0 Å². The van der Waals surface area contributed by atoms with Crippen LogP contribution in [-0.2, 0) is 10.0 Å². The first-order valence-corrected chi connectivity index (χ1v) is 8.17. The average Bonchev–Trinajstić information content (AvgIpc) is 2.39. The lowest BCUT2D eigenvalue weighted by molar-refractivity contribution is 0.363. The molecular formula is C13H22Cl2N2O2S. The fraction of sp³-hybridized carbons (Fsp3) is 0.538. The quantitative estimate of drug-likeness (QED) is 0.836. The number of halogens is 2. The summed E-state index contributed by atoms with van der Waals surface area (Å²) in [6.45, 7) is 5.85. The Morgan fingerprint density at radius 3 is 2.30 bits per heavy atom. The smallest absolute Gasteiger partial charge is 0.242 e. The van der Waals surface area contributed by atoms with Crippen molar-refractivity contribution in [2.75, 3.05) is 6.54 Å². The van der Waals surface area contributed by atoms with Crippen molar-refractivity contribution in [2.24, 2.45) is 5.73 Å². The molecule has 7 heteroatoms. The first kappa shape index (κ1) is 19.7. The van der Waals surface area contributed by atoms with E-state index in [2.05, 4.69) is 4.72 Å². The summed E-state index contributed by atoms with van der Waals surface area (Å²) >= 11 is 6.09. The molecule has 20 heavy (non-hydrogen) atoms. The van der Waals surface area contributed by atoms with Crippen molar-refractivity contribution in [3.05, 3.63) is 28.8 Å². The van der Waals surface area contributed by atoms with Crippen LogP contribution in [0.5, 0.6) is 0 Å². The molecule has 1 aromatic carbocycles. The molecule has 116 valence electrons. The average molecular weight is 341 g/mol. The highest BCUT2D eigenvalue weighted by Gasteiger charge is 2.31. The summed E-state index contributed by atoms with van der Waals surface area (Å²) in [5.41, 5.74) is 5.84. The molecule has 0 saturated carbocycles. The van der Waals surface area contributed by atoms with Gasteiger partial charge in [0.2, 0.25) is 10.0 Å². The van der Waals surface area contributed by atoms with Gasteiger partial charge in [-0.1, -0.05) is 37.6 Å². The Kier molecular flexibility index (Phi) is 7.49. The molecule has 0 fully saturated rings. The van der Waals surface area contributed by atoms with Crippen LogP contribution in [0.3, 0.4) is 0 Å². The van der Waals surface area contributed by atoms with Gasteiger partial charge in [0.25, 0.3) is 0 Å². The molecule has 0 aliphatic carbocycles. The summed E-state index contributed by atoms with van der Waals surface area (Å²) in [6, 6.07) is 4.96. The van der Waals surface area contributed by atoms with E-state index in [0.717, 1.165) is 5.56 Å². The molecule has 0 aliphatic heterocycles. The molecule has 0 spiro atoms. The van der Waals surface area contributed by atoms with Gasteiger partial charge >= 0.3 is 0 Å². The Hall–Kier alpha value is -0.330. The standard InChI is InChI=1S/C13H21ClN2O2S.ClH/c1-4-13(5-2,9-15)16-19(17,18)11-8-6-7-10(3)12(11)14;/h6-8,16H,4-5,9,15H2,1-3H3;1H. The topological polar surface area (TPSA) is 72.2 Å². The first-order chi connectivity index (χ1) is 8.82. The molecule has 1 rings (SSSR count). The predicted molar refractivity (Wildman–Crippen MR) is 86.1 cm³/mol. The van der Waals surface area contributed by atoms with Gasteiger partial charge in [0, 0.05) is 12.1 Å². The maximum Gasteiger partial charge on any atom is 0.242 e. The van der Waals surface area contributed by atoms with Gasteiger partial charge in [0.05, 0.1) is 5.02 Å². The molecule has 0 aromatic heterocycles. The van der Waals surface area contributed by atoms with Crippen LogP contribution in [0.4, 0.5) is 0 Å². The number of rotatable bonds is 6. The van der Waals surface area contributed by atoms with Gasteiger partial charge in [-0.3, -0.25) is 0 Å². The van der Waals surface area contributed by atoms with E-state index in [9.17, 15) is 8.42 Å². The van der Waals surface area contributed by atoms with Gasteiger partial charge in [0.15, 0.2) is 0 Å². The second-order valence-corrected chi connectivity index (χ2v) is 6.71. The zero-order valence-electron chi connectivity index (χ0n) is 11.9. The SMILES string of the molecule is CCC(CC)(CN)NS(=O)(=O)c1cccc(C)c1Cl.Cl. The van der Waals surface area contributed by atoms with Crippen molar-refractivity contribution in [3.8, 4) is 0 Å². The number of nitrogens with two attached hydrogens (primary N) is 1. The van der Waals surface area contributed by atoms with E-state index in [1.165, 1.54) is 6.07 Å². The van der Waals surface area contributed by atoms with Gasteiger partial charge in [-0.15, -0.1) is 12.4 Å². The van der Waals surface area contributed by atoms with E-state index in [4.69, 9.17) is 17.3 Å². The number of hydrogen-bond donors (Lipinski definition) is 2. The van der Waals surface area contributed by atoms with Crippen LogP contribution in [0.2, 0.25) is 5.02 Å². The highest BCUT2D eigenvalue weighted by atomic mass is 35.5. The fourth-order valence-electron chi connectivity index (χ4n) is 1.89. The zero-order valence-corrected chi connectivity index (χ0v) is 14.3. The maximum atomic E-state index is 12.4. The van der Waals surface area contributed by atoms with E-state index in [1.807, 2.05) is 13.8 Å². The third-order valence-electron chi connectivity index (χ3n) is 3.54. The minimum atomic E-state index is -3.67. The third kappa shape index (κ3) is 4.09. The molecule has 0 atom stereocenters. The Bertz CT molecular complexity index is 535. The Morgan fingerprint density at radius 1 is 1.30 bits per heavy atom. The Balaban J connectivity index is 0.00000361. The summed E-state index contributed by atoms with van der Waals surface area (Å²) in [5.74, 6) is 0. The molecule has 0 heterocycles. The minimum absolute atomic E-state index is 0. The Morgan fingerprint density at radius 2 is 1.85 bits per heavy atom. The number of benzene rings is 1. The van der Waals surface area contributed by atoms with Gasteiger partial charge in [-0.25, -0.2) is 13.1 Å². The normalized spacial score (nSPS) is 12.1. The first-order valence-electron chi connectivity index (χ1n) is 6.31. The van der Waals surface area contributed by atoms with Crippen LogP contribution in [0.15, 0.2) is 23.1 Å². The third-order valence-corrected chi connectivity index (χ3v) is 5.78. The van der Waals surface area contributed by atoms with E-state index in [1.54, 1.807) is 19.1 Å². The molecule has 0 bridgehead atoms. The van der Waals surface area contributed by atoms with Crippen LogP contribution in [-0.4, -0.2) is 20.5 Å². The van der Waals surface area contributed by atoms with Crippen molar-refractivity contribution in [2.45, 2.75) is 44.0 Å². The van der Waals surface area contributed by atoms with Crippen molar-refractivity contribution in [1.82, 2.24) is 4.72 Å².